The number of hydrogen-bond acceptors (Lipinski definition) is 2. The Balaban J connectivity index is 1.67. The highest BCUT2D eigenvalue weighted by Crippen LogP contribution is 2.61. The van der Waals surface area contributed by atoms with Gasteiger partial charge in [-0.05, 0) is 61.6 Å². The Morgan fingerprint density at radius 2 is 2.12 bits per heavy atom. The number of benzene rings is 1. The second-order valence-electron chi connectivity index (χ2n) is 5.56. The molecule has 0 heterocycles. The molecule has 3 N–H and O–H groups in total. The van der Waals surface area contributed by atoms with Crippen molar-refractivity contribution < 1.29 is 0 Å². The van der Waals surface area contributed by atoms with E-state index in [1.807, 2.05) is 6.07 Å². The van der Waals surface area contributed by atoms with Gasteiger partial charge in [-0.15, -0.1) is 0 Å². The molecule has 2 nitrogen and oxygen atoms in total. The normalized spacial score (nSPS) is 21.8. The predicted octanol–water partition coefficient (Wildman–Crippen LogP) is 3.18. The smallest absolute Gasteiger partial charge is 0.0390 e. The highest BCUT2D eigenvalue weighted by molar-refractivity contribution is 5.59. The van der Waals surface area contributed by atoms with Gasteiger partial charge in [0.15, 0.2) is 0 Å². The van der Waals surface area contributed by atoms with E-state index in [0.29, 0.717) is 5.41 Å². The number of anilines is 2. The maximum absolute atomic E-state index is 5.81. The zero-order chi connectivity index (χ0) is 11.2. The van der Waals surface area contributed by atoms with Crippen molar-refractivity contribution in [1.82, 2.24) is 0 Å². The van der Waals surface area contributed by atoms with Gasteiger partial charge in [0.1, 0.15) is 0 Å². The minimum Gasteiger partial charge on any atom is -0.399 e. The van der Waals surface area contributed by atoms with Gasteiger partial charge in [0.25, 0.3) is 0 Å². The number of rotatable bonds is 4. The van der Waals surface area contributed by atoms with Crippen LogP contribution in [-0.4, -0.2) is 6.54 Å². The van der Waals surface area contributed by atoms with Gasteiger partial charge >= 0.3 is 0 Å². The average molecular weight is 216 g/mol. The lowest BCUT2D eigenvalue weighted by atomic mass is 10.0. The maximum Gasteiger partial charge on any atom is 0.0390 e. The molecule has 0 aromatic heterocycles. The first-order valence-corrected chi connectivity index (χ1v) is 6.30. The van der Waals surface area contributed by atoms with E-state index < -0.39 is 0 Å². The third-order valence-corrected chi connectivity index (χ3v) is 4.23. The predicted molar refractivity (Wildman–Crippen MR) is 68.5 cm³/mol. The van der Waals surface area contributed by atoms with Gasteiger partial charge in [0.05, 0.1) is 0 Å². The zero-order valence-corrected chi connectivity index (χ0v) is 9.92. The van der Waals surface area contributed by atoms with Crippen molar-refractivity contribution in [2.45, 2.75) is 32.6 Å². The molecule has 0 radical (unpaired) electrons. The lowest BCUT2D eigenvalue weighted by Gasteiger charge is -2.17. The molecule has 16 heavy (non-hydrogen) atoms. The molecule has 1 aromatic carbocycles. The molecule has 1 aromatic rings. The summed E-state index contributed by atoms with van der Waals surface area (Å²) < 4.78 is 0. The Hall–Kier alpha value is -1.18. The SMILES string of the molecule is Cc1ccc(N)cc1NCC1(C2CC2)CC1. The summed E-state index contributed by atoms with van der Waals surface area (Å²) in [7, 11) is 0. The van der Waals surface area contributed by atoms with Gasteiger partial charge in [0.2, 0.25) is 0 Å². The van der Waals surface area contributed by atoms with Crippen molar-refractivity contribution in [1.29, 1.82) is 0 Å². The highest BCUT2D eigenvalue weighted by atomic mass is 14.9. The number of aryl methyl sites for hydroxylation is 1. The van der Waals surface area contributed by atoms with Crippen LogP contribution in [0.25, 0.3) is 0 Å². The van der Waals surface area contributed by atoms with Crippen molar-refractivity contribution in [2.75, 3.05) is 17.6 Å². The number of nitrogens with two attached hydrogens (primary N) is 1. The third kappa shape index (κ3) is 1.77. The van der Waals surface area contributed by atoms with E-state index in [2.05, 4.69) is 24.4 Å². The molecule has 2 heteroatoms. The van der Waals surface area contributed by atoms with Crippen LogP contribution in [0.2, 0.25) is 0 Å². The van der Waals surface area contributed by atoms with E-state index >= 15 is 0 Å². The fourth-order valence-electron chi connectivity index (χ4n) is 2.69. The van der Waals surface area contributed by atoms with Gasteiger partial charge in [-0.25, -0.2) is 0 Å². The topological polar surface area (TPSA) is 38.0 Å². The summed E-state index contributed by atoms with van der Waals surface area (Å²) in [4.78, 5) is 0. The van der Waals surface area contributed by atoms with Crippen LogP contribution in [0.15, 0.2) is 18.2 Å². The Kier molecular flexibility index (Phi) is 2.13. The molecular weight excluding hydrogens is 196 g/mol. The molecule has 0 bridgehead atoms. The van der Waals surface area contributed by atoms with Crippen molar-refractivity contribution in [3.05, 3.63) is 23.8 Å². The van der Waals surface area contributed by atoms with Crippen LogP contribution in [0.5, 0.6) is 0 Å². The summed E-state index contributed by atoms with van der Waals surface area (Å²) in [5.41, 5.74) is 9.82. The number of nitrogens with one attached hydrogen (secondary N) is 1. The molecule has 2 aliphatic rings. The summed E-state index contributed by atoms with van der Waals surface area (Å²) >= 11 is 0. The second kappa shape index (κ2) is 3.41. The number of nitrogen functional groups attached to an aromatic ring is 1. The Morgan fingerprint density at radius 3 is 2.75 bits per heavy atom. The van der Waals surface area contributed by atoms with Crippen LogP contribution < -0.4 is 11.1 Å². The molecule has 0 unspecified atom stereocenters. The average Bonchev–Trinajstić information content (AvgIpc) is 3.13. The molecular formula is C14H20N2. The van der Waals surface area contributed by atoms with Crippen LogP contribution in [0.4, 0.5) is 11.4 Å². The first-order chi connectivity index (χ1) is 7.70. The van der Waals surface area contributed by atoms with Gasteiger partial charge in [0, 0.05) is 17.9 Å². The standard InChI is InChI=1S/C14H20N2/c1-10-2-5-12(15)8-13(10)16-9-14(6-7-14)11-3-4-11/h2,5,8,11,16H,3-4,6-7,9,15H2,1H3. The highest BCUT2D eigenvalue weighted by Gasteiger charge is 2.53. The van der Waals surface area contributed by atoms with Crippen LogP contribution in [-0.2, 0) is 0 Å². The minimum absolute atomic E-state index is 0.650. The second-order valence-corrected chi connectivity index (χ2v) is 5.56. The fourth-order valence-corrected chi connectivity index (χ4v) is 2.69. The van der Waals surface area contributed by atoms with Crippen LogP contribution >= 0.6 is 0 Å². The summed E-state index contributed by atoms with van der Waals surface area (Å²) in [6, 6.07) is 6.11. The fraction of sp³-hybridized carbons (Fsp3) is 0.571. The van der Waals surface area contributed by atoms with E-state index in [0.717, 1.165) is 18.2 Å². The molecule has 0 amide bonds. The van der Waals surface area contributed by atoms with Crippen molar-refractivity contribution in [3.63, 3.8) is 0 Å². The van der Waals surface area contributed by atoms with Gasteiger partial charge in [-0.3, -0.25) is 0 Å². The van der Waals surface area contributed by atoms with E-state index in [1.54, 1.807) is 0 Å². The summed E-state index contributed by atoms with van der Waals surface area (Å²) in [6.07, 6.45) is 5.76. The lowest BCUT2D eigenvalue weighted by molar-refractivity contribution is 0.467. The monoisotopic (exact) mass is 216 g/mol. The quantitative estimate of drug-likeness (QED) is 0.759. The number of hydrogen-bond donors (Lipinski definition) is 2. The molecule has 0 saturated heterocycles. The van der Waals surface area contributed by atoms with E-state index in [4.69, 9.17) is 5.73 Å². The summed E-state index contributed by atoms with van der Waals surface area (Å²) in [5, 5.41) is 3.60. The van der Waals surface area contributed by atoms with E-state index in [-0.39, 0.29) is 0 Å². The third-order valence-electron chi connectivity index (χ3n) is 4.23. The largest absolute Gasteiger partial charge is 0.399 e. The van der Waals surface area contributed by atoms with Crippen LogP contribution in [0.3, 0.4) is 0 Å². The zero-order valence-electron chi connectivity index (χ0n) is 9.92. The summed E-state index contributed by atoms with van der Waals surface area (Å²) in [5.74, 6) is 1.02. The van der Waals surface area contributed by atoms with Crippen molar-refractivity contribution >= 4 is 11.4 Å². The molecule has 0 spiro atoms. The van der Waals surface area contributed by atoms with Crippen LogP contribution in [0.1, 0.15) is 31.2 Å². The van der Waals surface area contributed by atoms with E-state index in [9.17, 15) is 0 Å². The molecule has 2 saturated carbocycles. The maximum atomic E-state index is 5.81. The first kappa shape index (κ1) is 10.0. The minimum atomic E-state index is 0.650. The molecule has 0 aliphatic heterocycles. The first-order valence-electron chi connectivity index (χ1n) is 6.30. The van der Waals surface area contributed by atoms with Gasteiger partial charge in [-0.2, -0.15) is 0 Å². The van der Waals surface area contributed by atoms with E-state index in [1.165, 1.54) is 36.9 Å². The molecule has 3 rings (SSSR count). The van der Waals surface area contributed by atoms with Crippen LogP contribution in [0, 0.1) is 18.3 Å². The molecule has 86 valence electrons. The molecule has 2 fully saturated rings. The van der Waals surface area contributed by atoms with Crippen molar-refractivity contribution in [2.24, 2.45) is 11.3 Å². The Bertz CT molecular complexity index is 403. The Morgan fingerprint density at radius 1 is 1.38 bits per heavy atom. The van der Waals surface area contributed by atoms with Gasteiger partial charge < -0.3 is 11.1 Å². The van der Waals surface area contributed by atoms with Crippen molar-refractivity contribution in [3.8, 4) is 0 Å². The summed E-state index contributed by atoms with van der Waals surface area (Å²) in [6.45, 7) is 3.28. The molecule has 2 aliphatic carbocycles. The lowest BCUT2D eigenvalue weighted by Crippen LogP contribution is -2.17. The molecule has 0 atom stereocenters. The Labute approximate surface area is 97.2 Å². The van der Waals surface area contributed by atoms with Gasteiger partial charge in [-0.1, -0.05) is 6.07 Å².